The molecule has 7 heteroatoms. The van der Waals surface area contributed by atoms with Crippen molar-refractivity contribution in [2.24, 2.45) is 0 Å². The molecule has 0 spiro atoms. The van der Waals surface area contributed by atoms with Crippen LogP contribution < -0.4 is 14.8 Å². The molecule has 0 aliphatic carbocycles. The highest BCUT2D eigenvalue weighted by Crippen LogP contribution is 2.25. The van der Waals surface area contributed by atoms with E-state index in [1.807, 2.05) is 0 Å². The van der Waals surface area contributed by atoms with Gasteiger partial charge in [-0.3, -0.25) is 14.6 Å². The lowest BCUT2D eigenvalue weighted by Gasteiger charge is -2.35. The maximum atomic E-state index is 12.7. The number of aliphatic hydroxyl groups excluding tert-OH is 1. The molecule has 1 heterocycles. The average Bonchev–Trinajstić information content (AvgIpc) is 2.88. The van der Waals surface area contributed by atoms with Crippen LogP contribution in [0.25, 0.3) is 0 Å². The van der Waals surface area contributed by atoms with Crippen molar-refractivity contribution in [1.82, 2.24) is 9.80 Å². The lowest BCUT2D eigenvalue weighted by molar-refractivity contribution is -0.117. The van der Waals surface area contributed by atoms with Crippen LogP contribution in [0.5, 0.6) is 11.5 Å². The zero-order valence-corrected chi connectivity index (χ0v) is 18.0. The van der Waals surface area contributed by atoms with Crippen LogP contribution in [0.15, 0.2) is 42.4 Å². The van der Waals surface area contributed by atoms with Crippen molar-refractivity contribution < 1.29 is 29.0 Å². The number of benzene rings is 2. The van der Waals surface area contributed by atoms with Crippen molar-refractivity contribution in [3.05, 3.63) is 53.5 Å². The molecular weight excluding hydrogens is 394 g/mol. The number of hydrogen-bond donors (Lipinski definition) is 2. The Hall–Kier alpha value is -2.61. The maximum Gasteiger partial charge on any atom is 0.238 e. The maximum absolute atomic E-state index is 12.7. The van der Waals surface area contributed by atoms with E-state index < -0.39 is 19.2 Å². The molecule has 7 nitrogen and oxygen atoms in total. The second-order valence-corrected chi connectivity index (χ2v) is 7.21. The first-order valence-corrected chi connectivity index (χ1v) is 10.0. The average molecular weight is 435 g/mol. The van der Waals surface area contributed by atoms with Gasteiger partial charge in [0.2, 0.25) is 5.91 Å². The fourth-order valence-corrected chi connectivity index (χ4v) is 3.25. The first-order chi connectivity index (χ1) is 17.7. The Balaban J connectivity index is 1.60. The molecule has 1 unspecified atom stereocenters. The number of aliphatic hydroxyl groups is 1. The van der Waals surface area contributed by atoms with Gasteiger partial charge in [0.05, 0.1) is 20.5 Å². The summed E-state index contributed by atoms with van der Waals surface area (Å²) in [5, 5.41) is 13.4. The highest BCUT2D eigenvalue weighted by Gasteiger charge is 2.21. The van der Waals surface area contributed by atoms with Crippen LogP contribution in [0, 0.1) is 13.8 Å². The molecule has 0 bridgehead atoms. The van der Waals surface area contributed by atoms with Crippen LogP contribution >= 0.6 is 0 Å². The summed E-state index contributed by atoms with van der Waals surface area (Å²) in [6, 6.07) is 5.89. The van der Waals surface area contributed by atoms with Gasteiger partial charge in [-0.25, -0.2) is 0 Å². The molecule has 0 radical (unpaired) electrons. The smallest absolute Gasteiger partial charge is 0.238 e. The summed E-state index contributed by atoms with van der Waals surface area (Å²) >= 11 is 0. The molecule has 1 aliphatic heterocycles. The summed E-state index contributed by atoms with van der Waals surface area (Å²) in [4.78, 5) is 15.8. The highest BCUT2D eigenvalue weighted by molar-refractivity contribution is 5.93. The number of hydrogen-bond acceptors (Lipinski definition) is 6. The van der Waals surface area contributed by atoms with Crippen molar-refractivity contribution >= 4 is 11.6 Å². The molecular formula is C24H33N3O4. The van der Waals surface area contributed by atoms with Gasteiger partial charge in [0, 0.05) is 41.1 Å². The highest BCUT2D eigenvalue weighted by atomic mass is 16.5. The molecule has 1 atom stereocenters. The zero-order chi connectivity index (χ0) is 28.4. The van der Waals surface area contributed by atoms with E-state index in [1.165, 1.54) is 18.1 Å². The number of rotatable bonds is 9. The minimum absolute atomic E-state index is 0.0146. The van der Waals surface area contributed by atoms with Crippen molar-refractivity contribution in [2.45, 2.75) is 20.0 Å². The number of nitrogens with one attached hydrogen (secondary N) is 1. The van der Waals surface area contributed by atoms with E-state index in [1.54, 1.807) is 36.9 Å². The minimum Gasteiger partial charge on any atom is -0.493 e. The molecule has 168 valence electrons. The number of β-amino-alcohol motifs (C(OH)–C–C–N with tert-alkyl or cyclic N) is 1. The number of para-hydroxylation sites is 3. The summed E-state index contributed by atoms with van der Waals surface area (Å²) in [5.74, 6) is -0.0932. The van der Waals surface area contributed by atoms with Crippen molar-refractivity contribution in [3.8, 4) is 11.5 Å². The van der Waals surface area contributed by atoms with Gasteiger partial charge in [0.15, 0.2) is 11.5 Å². The number of methoxy groups -OCH3 is 1. The Labute approximate surface area is 194 Å². The molecule has 3 rings (SSSR count). The van der Waals surface area contributed by atoms with E-state index in [0.29, 0.717) is 16.8 Å². The zero-order valence-electron chi connectivity index (χ0n) is 25.0. The predicted octanol–water partition coefficient (Wildman–Crippen LogP) is 2.31. The number of piperazine rings is 1. The lowest BCUT2D eigenvalue weighted by Crippen LogP contribution is -2.50. The van der Waals surface area contributed by atoms with Gasteiger partial charge in [-0.15, -0.1) is 0 Å². The van der Waals surface area contributed by atoms with Gasteiger partial charge < -0.3 is 19.9 Å². The van der Waals surface area contributed by atoms with Gasteiger partial charge in [0.1, 0.15) is 12.7 Å². The topological polar surface area (TPSA) is 74.3 Å². The standard InChI is InChI=1S/C24H33N3O4/c1-18-7-6-8-19(2)24(18)25-23(29)16-27-13-11-26(12-14-27)15-20(28)17-31-22-10-5-4-9-21(22)30-3/h4-10,20,28H,11-17H2,1-3H3,(H,25,29)/i6D,7D,8D,15D2,17D2. The predicted molar refractivity (Wildman–Crippen MR) is 122 cm³/mol. The molecule has 2 aromatic carbocycles. The summed E-state index contributed by atoms with van der Waals surface area (Å²) < 4.78 is 67.6. The van der Waals surface area contributed by atoms with E-state index in [0.717, 1.165) is 0 Å². The molecule has 0 saturated carbocycles. The van der Waals surface area contributed by atoms with Gasteiger partial charge >= 0.3 is 0 Å². The van der Waals surface area contributed by atoms with Crippen LogP contribution in [0.2, 0.25) is 0 Å². The number of amides is 1. The minimum atomic E-state index is -2.77. The first-order valence-electron chi connectivity index (χ1n) is 13.5. The number of anilines is 1. The molecule has 2 aromatic rings. The van der Waals surface area contributed by atoms with Crippen molar-refractivity contribution in [3.63, 3.8) is 0 Å². The molecule has 2 N–H and O–H groups in total. The van der Waals surface area contributed by atoms with E-state index in [2.05, 4.69) is 5.32 Å². The molecule has 1 saturated heterocycles. The fraction of sp³-hybridized carbons (Fsp3) is 0.458. The van der Waals surface area contributed by atoms with Gasteiger partial charge in [-0.1, -0.05) is 30.3 Å². The number of ether oxygens (including phenoxy) is 2. The Morgan fingerprint density at radius 3 is 2.42 bits per heavy atom. The molecule has 1 aliphatic rings. The van der Waals surface area contributed by atoms with E-state index >= 15 is 0 Å². The Morgan fingerprint density at radius 2 is 1.77 bits per heavy atom. The van der Waals surface area contributed by atoms with Gasteiger partial charge in [-0.05, 0) is 37.1 Å². The van der Waals surface area contributed by atoms with E-state index in [9.17, 15) is 9.90 Å². The third kappa shape index (κ3) is 6.69. The Bertz CT molecular complexity index is 1140. The SMILES string of the molecule is [2H]c1c([2H])c(C)c(NC(=O)CN2CCN(C([2H])([2H])C(O)C([2H])([2H])Oc3ccccc3OC)CC2)c(C)c1[2H]. The summed E-state index contributed by atoms with van der Waals surface area (Å²) in [6.45, 7) is -1.20. The normalized spacial score (nSPS) is 20.2. The monoisotopic (exact) mass is 434 g/mol. The summed E-state index contributed by atoms with van der Waals surface area (Å²) in [5.41, 5.74) is 1.17. The van der Waals surface area contributed by atoms with Crippen LogP contribution in [0.4, 0.5) is 5.69 Å². The van der Waals surface area contributed by atoms with Gasteiger partial charge in [-0.2, -0.15) is 0 Å². The van der Waals surface area contributed by atoms with Crippen LogP contribution in [0.3, 0.4) is 0 Å². The lowest BCUT2D eigenvalue weighted by atomic mass is 10.1. The largest absolute Gasteiger partial charge is 0.493 e. The summed E-state index contributed by atoms with van der Waals surface area (Å²) in [6.07, 6.45) is -2.15. The Kier molecular flexibility index (Phi) is 5.47. The fourth-order valence-electron chi connectivity index (χ4n) is 3.25. The number of nitrogens with zero attached hydrogens (tertiary/aromatic N) is 2. The summed E-state index contributed by atoms with van der Waals surface area (Å²) in [7, 11) is 1.39. The third-order valence-corrected chi connectivity index (χ3v) is 4.91. The van der Waals surface area contributed by atoms with Crippen molar-refractivity contribution in [1.29, 1.82) is 0 Å². The van der Waals surface area contributed by atoms with Crippen LogP contribution in [-0.2, 0) is 4.79 Å². The number of carbonyl (C=O) groups excluding carboxylic acids is 1. The molecule has 1 amide bonds. The molecule has 1 fully saturated rings. The third-order valence-electron chi connectivity index (χ3n) is 4.91. The second kappa shape index (κ2) is 11.1. The van der Waals surface area contributed by atoms with E-state index in [-0.39, 0.29) is 68.3 Å². The van der Waals surface area contributed by atoms with Crippen LogP contribution in [-0.4, -0.2) is 79.8 Å². The van der Waals surface area contributed by atoms with Gasteiger partial charge in [0.25, 0.3) is 0 Å². The molecule has 31 heavy (non-hydrogen) atoms. The van der Waals surface area contributed by atoms with Crippen LogP contribution in [0.1, 0.15) is 20.7 Å². The first kappa shape index (κ1) is 15.2. The van der Waals surface area contributed by atoms with E-state index in [4.69, 9.17) is 19.1 Å². The Morgan fingerprint density at radius 1 is 1.16 bits per heavy atom. The second-order valence-electron chi connectivity index (χ2n) is 7.21. The quantitative estimate of drug-likeness (QED) is 0.631. The van der Waals surface area contributed by atoms with Crippen molar-refractivity contribution in [2.75, 3.05) is 58.2 Å². The number of carbonyl (C=O) groups is 1. The molecule has 0 aromatic heterocycles.